The molecule has 0 amide bonds. The molecule has 0 radical (unpaired) electrons. The largest absolute Gasteiger partial charge is 0.272 e. The van der Waals surface area contributed by atoms with Gasteiger partial charge in [0.15, 0.2) is 0 Å². The van der Waals surface area contributed by atoms with Crippen molar-refractivity contribution in [2.45, 2.75) is 45.1 Å². The maximum atomic E-state index is 4.61. The number of hydrogen-bond acceptors (Lipinski definition) is 1. The molecule has 0 aliphatic heterocycles. The van der Waals surface area contributed by atoms with Gasteiger partial charge in [0, 0.05) is 23.6 Å². The molecule has 3 rings (SSSR count). The SMILES string of the molecule is BrCC1(Cn2cc(-c3ccccc3)cn2)CCCCCC1. The summed E-state index contributed by atoms with van der Waals surface area (Å²) < 4.78 is 2.15. The van der Waals surface area contributed by atoms with Crippen LogP contribution in [0.15, 0.2) is 42.7 Å². The van der Waals surface area contributed by atoms with Crippen molar-refractivity contribution in [3.63, 3.8) is 0 Å². The van der Waals surface area contributed by atoms with E-state index in [-0.39, 0.29) is 0 Å². The topological polar surface area (TPSA) is 17.8 Å². The highest BCUT2D eigenvalue weighted by Gasteiger charge is 2.30. The van der Waals surface area contributed by atoms with Crippen LogP contribution in [0.3, 0.4) is 0 Å². The molecule has 1 fully saturated rings. The molecular formula is C18H23BrN2. The Morgan fingerprint density at radius 3 is 2.38 bits per heavy atom. The minimum absolute atomic E-state index is 0.385. The lowest BCUT2D eigenvalue weighted by Crippen LogP contribution is -2.28. The predicted molar refractivity (Wildman–Crippen MR) is 91.6 cm³/mol. The van der Waals surface area contributed by atoms with Gasteiger partial charge in [-0.15, -0.1) is 0 Å². The zero-order chi connectivity index (χ0) is 14.5. The van der Waals surface area contributed by atoms with Gasteiger partial charge in [0.2, 0.25) is 0 Å². The highest BCUT2D eigenvalue weighted by atomic mass is 79.9. The van der Waals surface area contributed by atoms with Crippen LogP contribution in [0, 0.1) is 5.41 Å². The molecule has 0 N–H and O–H groups in total. The molecule has 0 saturated heterocycles. The minimum Gasteiger partial charge on any atom is -0.272 e. The Kier molecular flexibility index (Phi) is 4.79. The molecule has 1 saturated carbocycles. The van der Waals surface area contributed by atoms with E-state index in [1.54, 1.807) is 0 Å². The van der Waals surface area contributed by atoms with Crippen LogP contribution in [0.25, 0.3) is 11.1 Å². The Morgan fingerprint density at radius 2 is 1.71 bits per heavy atom. The third-order valence-corrected chi connectivity index (χ3v) is 5.87. The molecule has 2 aromatic rings. The number of benzene rings is 1. The number of aromatic nitrogens is 2. The third kappa shape index (κ3) is 3.57. The van der Waals surface area contributed by atoms with Gasteiger partial charge in [0.25, 0.3) is 0 Å². The first-order chi connectivity index (χ1) is 10.3. The maximum Gasteiger partial charge on any atom is 0.0568 e. The maximum absolute atomic E-state index is 4.61. The van der Waals surface area contributed by atoms with E-state index < -0.39 is 0 Å². The lowest BCUT2D eigenvalue weighted by Gasteiger charge is -2.30. The number of nitrogens with zero attached hydrogens (tertiary/aromatic N) is 2. The number of hydrogen-bond donors (Lipinski definition) is 0. The van der Waals surface area contributed by atoms with E-state index in [9.17, 15) is 0 Å². The lowest BCUT2D eigenvalue weighted by molar-refractivity contribution is 0.232. The van der Waals surface area contributed by atoms with Gasteiger partial charge in [0.05, 0.1) is 6.20 Å². The summed E-state index contributed by atoms with van der Waals surface area (Å²) in [5.41, 5.74) is 2.85. The second kappa shape index (κ2) is 6.78. The fourth-order valence-electron chi connectivity index (χ4n) is 3.39. The van der Waals surface area contributed by atoms with E-state index in [4.69, 9.17) is 0 Å². The van der Waals surface area contributed by atoms with Crippen molar-refractivity contribution in [2.24, 2.45) is 5.41 Å². The molecule has 0 unspecified atom stereocenters. The summed E-state index contributed by atoms with van der Waals surface area (Å²) in [6.07, 6.45) is 12.3. The van der Waals surface area contributed by atoms with Gasteiger partial charge in [-0.3, -0.25) is 4.68 Å². The fraction of sp³-hybridized carbons (Fsp3) is 0.500. The van der Waals surface area contributed by atoms with Crippen LogP contribution in [-0.4, -0.2) is 15.1 Å². The van der Waals surface area contributed by atoms with Crippen molar-refractivity contribution in [1.29, 1.82) is 0 Å². The molecule has 0 bridgehead atoms. The summed E-state index contributed by atoms with van der Waals surface area (Å²) in [5.74, 6) is 0. The van der Waals surface area contributed by atoms with Gasteiger partial charge in [0.1, 0.15) is 0 Å². The zero-order valence-corrected chi connectivity index (χ0v) is 14.1. The Hall–Kier alpha value is -1.09. The monoisotopic (exact) mass is 346 g/mol. The molecule has 1 aliphatic rings. The van der Waals surface area contributed by atoms with Gasteiger partial charge >= 0.3 is 0 Å². The van der Waals surface area contributed by atoms with Gasteiger partial charge in [-0.25, -0.2) is 0 Å². The van der Waals surface area contributed by atoms with Crippen molar-refractivity contribution in [2.75, 3.05) is 5.33 Å². The summed E-state index contributed by atoms with van der Waals surface area (Å²) in [6, 6.07) is 10.5. The Balaban J connectivity index is 1.76. The van der Waals surface area contributed by atoms with E-state index in [0.717, 1.165) is 11.9 Å². The summed E-state index contributed by atoms with van der Waals surface area (Å²) in [6.45, 7) is 1.03. The standard InChI is InChI=1S/C18H23BrN2/c19-14-18(10-6-1-2-7-11-18)15-21-13-17(12-20-21)16-8-4-3-5-9-16/h3-5,8-9,12-13H,1-2,6-7,10-11,14-15H2. The number of alkyl halides is 1. The molecule has 1 aliphatic carbocycles. The molecule has 21 heavy (non-hydrogen) atoms. The number of halogens is 1. The summed E-state index contributed by atoms with van der Waals surface area (Å²) in [4.78, 5) is 0. The van der Waals surface area contributed by atoms with Crippen LogP contribution in [0.1, 0.15) is 38.5 Å². The van der Waals surface area contributed by atoms with Crippen LogP contribution < -0.4 is 0 Å². The van der Waals surface area contributed by atoms with E-state index in [1.807, 2.05) is 6.20 Å². The quantitative estimate of drug-likeness (QED) is 0.543. The van der Waals surface area contributed by atoms with Crippen LogP contribution in [-0.2, 0) is 6.54 Å². The van der Waals surface area contributed by atoms with Gasteiger partial charge in [-0.1, -0.05) is 71.9 Å². The van der Waals surface area contributed by atoms with Crippen molar-refractivity contribution >= 4 is 15.9 Å². The smallest absolute Gasteiger partial charge is 0.0568 e. The average molecular weight is 347 g/mol. The second-order valence-corrected chi connectivity index (χ2v) is 6.90. The van der Waals surface area contributed by atoms with Crippen LogP contribution in [0.2, 0.25) is 0 Å². The molecule has 0 spiro atoms. The Bertz CT molecular complexity index is 554. The average Bonchev–Trinajstić information content (AvgIpc) is 2.86. The molecule has 1 aromatic carbocycles. The summed E-state index contributed by atoms with van der Waals surface area (Å²) >= 11 is 3.77. The molecule has 1 aromatic heterocycles. The first-order valence-corrected chi connectivity index (χ1v) is 9.07. The number of rotatable bonds is 4. The molecule has 3 heteroatoms. The van der Waals surface area contributed by atoms with Gasteiger partial charge in [-0.05, 0) is 23.8 Å². The first kappa shape index (κ1) is 14.8. The lowest BCUT2D eigenvalue weighted by atomic mass is 9.82. The molecule has 2 nitrogen and oxygen atoms in total. The van der Waals surface area contributed by atoms with Gasteiger partial charge in [-0.2, -0.15) is 5.10 Å². The first-order valence-electron chi connectivity index (χ1n) is 7.95. The summed E-state index contributed by atoms with van der Waals surface area (Å²) in [7, 11) is 0. The van der Waals surface area contributed by atoms with E-state index in [0.29, 0.717) is 5.41 Å². The van der Waals surface area contributed by atoms with E-state index >= 15 is 0 Å². The van der Waals surface area contributed by atoms with E-state index in [1.165, 1.54) is 49.7 Å². The highest BCUT2D eigenvalue weighted by Crippen LogP contribution is 2.38. The predicted octanol–water partition coefficient (Wildman–Crippen LogP) is 5.29. The fourth-order valence-corrected chi connectivity index (χ4v) is 4.12. The zero-order valence-electron chi connectivity index (χ0n) is 12.5. The summed E-state index contributed by atoms with van der Waals surface area (Å²) in [5, 5.41) is 5.69. The normalized spacial score (nSPS) is 18.3. The Labute approximate surface area is 135 Å². The van der Waals surface area contributed by atoms with Gasteiger partial charge < -0.3 is 0 Å². The van der Waals surface area contributed by atoms with E-state index in [2.05, 4.69) is 62.2 Å². The second-order valence-electron chi connectivity index (χ2n) is 6.34. The third-order valence-electron chi connectivity index (χ3n) is 4.69. The van der Waals surface area contributed by atoms with Crippen molar-refractivity contribution in [1.82, 2.24) is 9.78 Å². The van der Waals surface area contributed by atoms with Crippen molar-refractivity contribution < 1.29 is 0 Å². The molecule has 1 heterocycles. The Morgan fingerprint density at radius 1 is 1.00 bits per heavy atom. The minimum atomic E-state index is 0.385. The van der Waals surface area contributed by atoms with Crippen LogP contribution in [0.4, 0.5) is 0 Å². The molecule has 0 atom stereocenters. The van der Waals surface area contributed by atoms with Crippen molar-refractivity contribution in [3.8, 4) is 11.1 Å². The molecular weight excluding hydrogens is 324 g/mol. The van der Waals surface area contributed by atoms with Crippen LogP contribution >= 0.6 is 15.9 Å². The van der Waals surface area contributed by atoms with Crippen molar-refractivity contribution in [3.05, 3.63) is 42.7 Å². The van der Waals surface area contributed by atoms with Crippen LogP contribution in [0.5, 0.6) is 0 Å². The highest BCUT2D eigenvalue weighted by molar-refractivity contribution is 9.09. The molecule has 112 valence electrons.